The molecule has 134 valence electrons. The molecule has 0 radical (unpaired) electrons. The normalized spacial score (nSPS) is 16.8. The lowest BCUT2D eigenvalue weighted by Crippen LogP contribution is -2.17. The number of halogens is 1. The van der Waals surface area contributed by atoms with E-state index in [2.05, 4.69) is 31.1 Å². The number of hydrogen-bond acceptors (Lipinski definition) is 7. The summed E-state index contributed by atoms with van der Waals surface area (Å²) in [6.45, 7) is 3.63. The van der Waals surface area contributed by atoms with Gasteiger partial charge in [0, 0.05) is 12.1 Å². The summed E-state index contributed by atoms with van der Waals surface area (Å²) in [7, 11) is 0. The topological polar surface area (TPSA) is 97.6 Å². The average molecular weight is 390 g/mol. The van der Waals surface area contributed by atoms with Crippen molar-refractivity contribution < 1.29 is 4.79 Å². The Bertz CT molecular complexity index is 948. The van der Waals surface area contributed by atoms with Crippen LogP contribution in [0, 0.1) is 6.92 Å². The summed E-state index contributed by atoms with van der Waals surface area (Å²) in [5.41, 5.74) is 1.82. The number of nitrogens with one attached hydrogen (secondary N) is 2. The molecule has 4 rings (SSSR count). The minimum atomic E-state index is -0.346. The van der Waals surface area contributed by atoms with Gasteiger partial charge in [-0.2, -0.15) is 0 Å². The van der Waals surface area contributed by atoms with E-state index in [1.807, 2.05) is 29.8 Å². The highest BCUT2D eigenvalue weighted by atomic mass is 35.5. The zero-order valence-electron chi connectivity index (χ0n) is 13.9. The highest BCUT2D eigenvalue weighted by Crippen LogP contribution is 2.31. The molecule has 0 aliphatic carbocycles. The van der Waals surface area contributed by atoms with Crippen LogP contribution in [0.5, 0.6) is 0 Å². The van der Waals surface area contributed by atoms with Crippen molar-refractivity contribution in [1.29, 1.82) is 0 Å². The number of hydrogen-bond donors (Lipinski definition) is 2. The van der Waals surface area contributed by atoms with Gasteiger partial charge in [0.1, 0.15) is 0 Å². The van der Waals surface area contributed by atoms with Crippen molar-refractivity contribution in [2.24, 2.45) is 0 Å². The van der Waals surface area contributed by atoms with Gasteiger partial charge in [-0.1, -0.05) is 46.4 Å². The van der Waals surface area contributed by atoms with Crippen LogP contribution >= 0.6 is 22.9 Å². The van der Waals surface area contributed by atoms with E-state index >= 15 is 0 Å². The third kappa shape index (κ3) is 3.20. The van der Waals surface area contributed by atoms with Gasteiger partial charge in [-0.05, 0) is 26.0 Å². The van der Waals surface area contributed by atoms with E-state index in [9.17, 15) is 4.79 Å². The fourth-order valence-corrected chi connectivity index (χ4v) is 3.98. The van der Waals surface area contributed by atoms with Crippen LogP contribution < -0.4 is 10.6 Å². The summed E-state index contributed by atoms with van der Waals surface area (Å²) in [4.78, 5) is 12.5. The molecule has 1 aromatic carbocycles. The first-order chi connectivity index (χ1) is 12.6. The maximum Gasteiger partial charge on any atom is 0.279 e. The first-order valence-corrected chi connectivity index (χ1v) is 9.35. The molecule has 3 heterocycles. The molecule has 1 amide bonds. The summed E-state index contributed by atoms with van der Waals surface area (Å²) in [6, 6.07) is 7.61. The second-order valence-electron chi connectivity index (χ2n) is 5.96. The van der Waals surface area contributed by atoms with Crippen LogP contribution in [0.2, 0.25) is 5.02 Å². The molecule has 1 saturated heterocycles. The summed E-state index contributed by atoms with van der Waals surface area (Å²) in [5.74, 6) is -0.346. The number of carbonyl (C=O) groups is 1. The van der Waals surface area contributed by atoms with E-state index in [-0.39, 0.29) is 11.9 Å². The highest BCUT2D eigenvalue weighted by Gasteiger charge is 2.24. The Balaban J connectivity index is 1.52. The van der Waals surface area contributed by atoms with Gasteiger partial charge in [0.2, 0.25) is 5.13 Å². The number of amides is 1. The number of nitrogens with zero attached hydrogens (tertiary/aromatic N) is 5. The standard InChI is InChI=1S/C16H16ClN7OS/c1-9-13(20-23-24(9)10-6-7-18-8-10)14(25)19-16-22-21-15(26-16)11-4-2-3-5-12(11)17/h2-5,10,18H,6-8H2,1H3,(H,19,22,25). The molecular formula is C16H16ClN7OS. The summed E-state index contributed by atoms with van der Waals surface area (Å²) in [5, 5.41) is 24.0. The Morgan fingerprint density at radius 2 is 2.19 bits per heavy atom. The van der Waals surface area contributed by atoms with Crippen molar-refractivity contribution in [2.75, 3.05) is 18.4 Å². The van der Waals surface area contributed by atoms with E-state index < -0.39 is 0 Å². The minimum Gasteiger partial charge on any atom is -0.315 e. The Morgan fingerprint density at radius 1 is 1.35 bits per heavy atom. The van der Waals surface area contributed by atoms with Crippen LogP contribution in [-0.2, 0) is 0 Å². The molecule has 3 aromatic rings. The van der Waals surface area contributed by atoms with Gasteiger partial charge in [-0.3, -0.25) is 10.1 Å². The number of benzene rings is 1. The lowest BCUT2D eigenvalue weighted by atomic mass is 10.2. The quantitative estimate of drug-likeness (QED) is 0.711. The van der Waals surface area contributed by atoms with E-state index in [1.54, 1.807) is 6.07 Å². The van der Waals surface area contributed by atoms with Gasteiger partial charge in [0.15, 0.2) is 10.7 Å². The fraction of sp³-hybridized carbons (Fsp3) is 0.312. The lowest BCUT2D eigenvalue weighted by molar-refractivity contribution is 0.102. The van der Waals surface area contributed by atoms with Crippen molar-refractivity contribution in [1.82, 2.24) is 30.5 Å². The van der Waals surface area contributed by atoms with E-state index in [1.165, 1.54) is 11.3 Å². The fourth-order valence-electron chi connectivity index (χ4n) is 2.92. The zero-order valence-corrected chi connectivity index (χ0v) is 15.5. The monoisotopic (exact) mass is 389 g/mol. The Morgan fingerprint density at radius 3 is 2.96 bits per heavy atom. The molecule has 10 heteroatoms. The van der Waals surface area contributed by atoms with Gasteiger partial charge >= 0.3 is 0 Å². The number of aromatic nitrogens is 5. The van der Waals surface area contributed by atoms with Crippen LogP contribution in [0.25, 0.3) is 10.6 Å². The van der Waals surface area contributed by atoms with Crippen LogP contribution in [0.15, 0.2) is 24.3 Å². The number of rotatable bonds is 4. The molecule has 8 nitrogen and oxygen atoms in total. The molecule has 0 spiro atoms. The van der Waals surface area contributed by atoms with Gasteiger partial charge in [-0.25, -0.2) is 4.68 Å². The van der Waals surface area contributed by atoms with Crippen molar-refractivity contribution in [3.05, 3.63) is 40.7 Å². The predicted octanol–water partition coefficient (Wildman–Crippen LogP) is 2.55. The molecule has 1 aliphatic rings. The Labute approximate surface area is 158 Å². The van der Waals surface area contributed by atoms with Crippen LogP contribution in [0.4, 0.5) is 5.13 Å². The first kappa shape index (κ1) is 17.1. The molecule has 1 aliphatic heterocycles. The smallest absolute Gasteiger partial charge is 0.279 e. The van der Waals surface area contributed by atoms with Crippen LogP contribution in [0.1, 0.15) is 28.6 Å². The van der Waals surface area contributed by atoms with Gasteiger partial charge < -0.3 is 5.32 Å². The van der Waals surface area contributed by atoms with E-state index in [0.29, 0.717) is 20.9 Å². The van der Waals surface area contributed by atoms with Gasteiger partial charge in [-0.15, -0.1) is 15.3 Å². The van der Waals surface area contributed by atoms with E-state index in [4.69, 9.17) is 11.6 Å². The molecule has 1 unspecified atom stereocenters. The van der Waals surface area contributed by atoms with Crippen molar-refractivity contribution in [3.63, 3.8) is 0 Å². The van der Waals surface area contributed by atoms with Crippen molar-refractivity contribution in [2.45, 2.75) is 19.4 Å². The second kappa shape index (κ2) is 7.10. The third-order valence-electron chi connectivity index (χ3n) is 4.27. The molecule has 0 saturated carbocycles. The number of carbonyl (C=O) groups excluding carboxylic acids is 1. The predicted molar refractivity (Wildman–Crippen MR) is 99.6 cm³/mol. The Hall–Kier alpha value is -2.36. The van der Waals surface area contributed by atoms with Gasteiger partial charge in [0.05, 0.1) is 16.8 Å². The van der Waals surface area contributed by atoms with Crippen LogP contribution in [-0.4, -0.2) is 44.2 Å². The van der Waals surface area contributed by atoms with Crippen molar-refractivity contribution >= 4 is 34.0 Å². The summed E-state index contributed by atoms with van der Waals surface area (Å²) in [6.07, 6.45) is 0.975. The molecule has 1 atom stereocenters. The molecule has 2 aromatic heterocycles. The molecular weight excluding hydrogens is 374 g/mol. The number of anilines is 1. The molecule has 0 bridgehead atoms. The largest absolute Gasteiger partial charge is 0.315 e. The third-order valence-corrected chi connectivity index (χ3v) is 5.47. The maximum absolute atomic E-state index is 12.5. The Kier molecular flexibility index (Phi) is 4.66. The van der Waals surface area contributed by atoms with Crippen LogP contribution in [0.3, 0.4) is 0 Å². The zero-order chi connectivity index (χ0) is 18.1. The molecule has 26 heavy (non-hydrogen) atoms. The van der Waals surface area contributed by atoms with E-state index in [0.717, 1.165) is 30.8 Å². The summed E-state index contributed by atoms with van der Waals surface area (Å²) >= 11 is 7.44. The molecule has 1 fully saturated rings. The van der Waals surface area contributed by atoms with Gasteiger partial charge in [0.25, 0.3) is 5.91 Å². The SMILES string of the molecule is Cc1c(C(=O)Nc2nnc(-c3ccccc3Cl)s2)nnn1C1CCNC1. The lowest BCUT2D eigenvalue weighted by Gasteiger charge is -2.09. The summed E-state index contributed by atoms with van der Waals surface area (Å²) < 4.78 is 1.81. The maximum atomic E-state index is 12.5. The minimum absolute atomic E-state index is 0.234. The molecule has 2 N–H and O–H groups in total. The first-order valence-electron chi connectivity index (χ1n) is 8.15. The highest BCUT2D eigenvalue weighted by molar-refractivity contribution is 7.18. The van der Waals surface area contributed by atoms with Crippen molar-refractivity contribution in [3.8, 4) is 10.6 Å². The average Bonchev–Trinajstić information content (AvgIpc) is 3.36. The second-order valence-corrected chi connectivity index (χ2v) is 7.35.